The number of benzene rings is 1. The molecule has 0 fully saturated rings. The molecule has 6 nitrogen and oxygen atoms in total. The molecule has 0 bridgehead atoms. The third kappa shape index (κ3) is 2.45. The maximum absolute atomic E-state index is 12.0. The molecule has 2 aromatic rings. The molecule has 1 aromatic heterocycles. The summed E-state index contributed by atoms with van der Waals surface area (Å²) in [4.78, 5) is 13.5. The number of aromatic nitrogens is 1. The summed E-state index contributed by atoms with van der Waals surface area (Å²) in [7, 11) is 0. The van der Waals surface area contributed by atoms with Crippen molar-refractivity contribution in [2.24, 2.45) is 0 Å². The second-order valence-corrected chi connectivity index (χ2v) is 4.62. The van der Waals surface area contributed by atoms with Crippen LogP contribution in [0.3, 0.4) is 0 Å². The van der Waals surface area contributed by atoms with Gasteiger partial charge in [0.2, 0.25) is 0 Å². The van der Waals surface area contributed by atoms with E-state index in [4.69, 9.17) is 9.26 Å². The molecule has 1 aliphatic heterocycles. The van der Waals surface area contributed by atoms with Gasteiger partial charge in [-0.15, -0.1) is 0 Å². The number of fused-ring (bicyclic) bond motifs is 1. The molecular formula is C14H14N2O4. The second-order valence-electron chi connectivity index (χ2n) is 4.62. The molecule has 1 N–H and O–H groups in total. The zero-order chi connectivity index (χ0) is 13.9. The molecule has 6 heteroatoms. The van der Waals surface area contributed by atoms with Crippen molar-refractivity contribution >= 4 is 6.09 Å². The average Bonchev–Trinajstić information content (AvgIpc) is 2.87. The van der Waals surface area contributed by atoms with Gasteiger partial charge in [-0.3, -0.25) is 0 Å². The van der Waals surface area contributed by atoms with Crippen molar-refractivity contribution < 1.29 is 19.2 Å². The molecule has 0 saturated heterocycles. The second kappa shape index (κ2) is 5.24. The first-order valence-corrected chi connectivity index (χ1v) is 6.36. The van der Waals surface area contributed by atoms with Crippen molar-refractivity contribution in [3.63, 3.8) is 0 Å². The lowest BCUT2D eigenvalue weighted by Crippen LogP contribution is -2.35. The summed E-state index contributed by atoms with van der Waals surface area (Å²) in [6.07, 6.45) is 0.126. The molecule has 1 aromatic carbocycles. The largest absolute Gasteiger partial charge is 0.491 e. The topological polar surface area (TPSA) is 75.8 Å². The minimum Gasteiger partial charge on any atom is -0.491 e. The number of amides is 1. The summed E-state index contributed by atoms with van der Waals surface area (Å²) in [5.74, 6) is 0.433. The van der Waals surface area contributed by atoms with Crippen molar-refractivity contribution in [2.45, 2.75) is 19.6 Å². The van der Waals surface area contributed by atoms with E-state index in [1.54, 1.807) is 0 Å². The van der Waals surface area contributed by atoms with E-state index >= 15 is 0 Å². The normalized spacial score (nSPS) is 13.9. The number of rotatable bonds is 2. The van der Waals surface area contributed by atoms with E-state index < -0.39 is 6.09 Å². The standard InChI is InChI=1S/C14H14N2O4/c17-13-11-6-7-16(8-12(11)20-15-13)14(18)19-9-10-4-2-1-3-5-10/h1-5H,6-9H2,(H,15,17). The molecule has 0 saturated carbocycles. The molecule has 1 amide bonds. The number of ether oxygens (including phenoxy) is 1. The van der Waals surface area contributed by atoms with Crippen molar-refractivity contribution in [2.75, 3.05) is 6.54 Å². The van der Waals surface area contributed by atoms with Crippen molar-refractivity contribution in [3.05, 3.63) is 47.2 Å². The van der Waals surface area contributed by atoms with E-state index in [0.29, 0.717) is 24.3 Å². The van der Waals surface area contributed by atoms with Crippen LogP contribution in [0.25, 0.3) is 0 Å². The first-order valence-electron chi connectivity index (χ1n) is 6.36. The fourth-order valence-electron chi connectivity index (χ4n) is 2.17. The van der Waals surface area contributed by atoms with Gasteiger partial charge in [-0.2, -0.15) is 0 Å². The Morgan fingerprint density at radius 2 is 2.20 bits per heavy atom. The van der Waals surface area contributed by atoms with Gasteiger partial charge in [0.05, 0.1) is 12.1 Å². The van der Waals surface area contributed by atoms with Crippen molar-refractivity contribution in [1.82, 2.24) is 10.1 Å². The van der Waals surface area contributed by atoms with Crippen LogP contribution in [0.1, 0.15) is 16.9 Å². The Bertz CT molecular complexity index is 609. The van der Waals surface area contributed by atoms with E-state index in [1.165, 1.54) is 4.90 Å². The quantitative estimate of drug-likeness (QED) is 0.907. The van der Waals surface area contributed by atoms with Gasteiger partial charge in [0, 0.05) is 6.54 Å². The van der Waals surface area contributed by atoms with Gasteiger partial charge in [0.1, 0.15) is 6.61 Å². The highest BCUT2D eigenvalue weighted by Crippen LogP contribution is 2.26. The van der Waals surface area contributed by atoms with Gasteiger partial charge in [0.15, 0.2) is 5.76 Å². The molecule has 0 radical (unpaired) electrons. The third-order valence-electron chi connectivity index (χ3n) is 3.28. The van der Waals surface area contributed by atoms with E-state index in [0.717, 1.165) is 5.56 Å². The predicted octanol–water partition coefficient (Wildman–Crippen LogP) is 2.08. The van der Waals surface area contributed by atoms with Gasteiger partial charge in [-0.25, -0.2) is 4.79 Å². The number of hydrogen-bond acceptors (Lipinski definition) is 5. The monoisotopic (exact) mass is 274 g/mol. The Morgan fingerprint density at radius 3 is 3.00 bits per heavy atom. The lowest BCUT2D eigenvalue weighted by molar-refractivity contribution is 0.0878. The van der Waals surface area contributed by atoms with Gasteiger partial charge in [0.25, 0.3) is 5.88 Å². The zero-order valence-corrected chi connectivity index (χ0v) is 10.8. The number of nitrogens with zero attached hydrogens (tertiary/aromatic N) is 2. The lowest BCUT2D eigenvalue weighted by Gasteiger charge is -2.24. The highest BCUT2D eigenvalue weighted by Gasteiger charge is 2.27. The first kappa shape index (κ1) is 12.5. The predicted molar refractivity (Wildman–Crippen MR) is 68.9 cm³/mol. The molecule has 104 valence electrons. The maximum atomic E-state index is 12.0. The van der Waals surface area contributed by atoms with Gasteiger partial charge in [-0.05, 0) is 17.1 Å². The van der Waals surface area contributed by atoms with E-state index in [1.807, 2.05) is 30.3 Å². The molecule has 2 heterocycles. The van der Waals surface area contributed by atoms with Crippen LogP contribution in [0, 0.1) is 0 Å². The summed E-state index contributed by atoms with van der Waals surface area (Å²) in [6, 6.07) is 9.50. The van der Waals surface area contributed by atoms with Crippen molar-refractivity contribution in [3.8, 4) is 5.88 Å². The summed E-state index contributed by atoms with van der Waals surface area (Å²) in [6.45, 7) is 0.997. The Hall–Kier alpha value is -2.50. The maximum Gasteiger partial charge on any atom is 0.410 e. The third-order valence-corrected chi connectivity index (χ3v) is 3.28. The highest BCUT2D eigenvalue weighted by molar-refractivity contribution is 5.68. The van der Waals surface area contributed by atoms with E-state index in [2.05, 4.69) is 5.16 Å². The van der Waals surface area contributed by atoms with E-state index in [-0.39, 0.29) is 19.0 Å². The van der Waals surface area contributed by atoms with Crippen molar-refractivity contribution in [1.29, 1.82) is 0 Å². The molecule has 1 aliphatic rings. The number of carbonyl (C=O) groups is 1. The van der Waals surface area contributed by atoms with Gasteiger partial charge in [-0.1, -0.05) is 30.3 Å². The highest BCUT2D eigenvalue weighted by atomic mass is 16.6. The summed E-state index contributed by atoms with van der Waals surface area (Å²) < 4.78 is 10.2. The number of aromatic hydroxyl groups is 1. The van der Waals surface area contributed by atoms with Crippen LogP contribution in [0.2, 0.25) is 0 Å². The number of hydrogen-bond donors (Lipinski definition) is 1. The van der Waals surface area contributed by atoms with Crippen LogP contribution in [0.5, 0.6) is 5.88 Å². The Morgan fingerprint density at radius 1 is 1.40 bits per heavy atom. The van der Waals surface area contributed by atoms with Crippen LogP contribution >= 0.6 is 0 Å². The summed E-state index contributed by atoms with van der Waals surface area (Å²) in [5, 5.41) is 12.9. The SMILES string of the molecule is O=C(OCc1ccccc1)N1CCc2c(O)noc2C1. The Balaban J connectivity index is 1.59. The van der Waals surface area contributed by atoms with Crippen LogP contribution < -0.4 is 0 Å². The molecule has 0 unspecified atom stereocenters. The smallest absolute Gasteiger partial charge is 0.410 e. The molecule has 20 heavy (non-hydrogen) atoms. The van der Waals surface area contributed by atoms with Crippen LogP contribution in [0.15, 0.2) is 34.9 Å². The fraction of sp³-hybridized carbons (Fsp3) is 0.286. The van der Waals surface area contributed by atoms with Crippen LogP contribution in [0.4, 0.5) is 4.79 Å². The number of carbonyl (C=O) groups excluding carboxylic acids is 1. The van der Waals surface area contributed by atoms with Crippen LogP contribution in [-0.2, 0) is 24.3 Å². The minimum absolute atomic E-state index is 0.0858. The molecule has 3 rings (SSSR count). The van der Waals surface area contributed by atoms with Gasteiger partial charge < -0.3 is 19.3 Å². The van der Waals surface area contributed by atoms with E-state index in [9.17, 15) is 9.90 Å². The lowest BCUT2D eigenvalue weighted by atomic mass is 10.1. The van der Waals surface area contributed by atoms with Gasteiger partial charge >= 0.3 is 6.09 Å². The molecule has 0 spiro atoms. The first-order chi connectivity index (χ1) is 9.74. The molecular weight excluding hydrogens is 260 g/mol. The Labute approximate surface area is 115 Å². The molecule has 0 atom stereocenters. The summed E-state index contributed by atoms with van der Waals surface area (Å²) in [5.41, 5.74) is 1.62. The average molecular weight is 274 g/mol. The summed E-state index contributed by atoms with van der Waals surface area (Å²) >= 11 is 0. The van der Waals surface area contributed by atoms with Crippen LogP contribution in [-0.4, -0.2) is 27.8 Å². The minimum atomic E-state index is -0.393. The molecule has 0 aliphatic carbocycles. The zero-order valence-electron chi connectivity index (χ0n) is 10.8. The fourth-order valence-corrected chi connectivity index (χ4v) is 2.17. The Kier molecular flexibility index (Phi) is 3.28.